The number of halogens is 1. The highest BCUT2D eigenvalue weighted by atomic mass is 32.1. The van der Waals surface area contributed by atoms with Crippen LogP contribution in [-0.2, 0) is 6.61 Å². The first-order valence-corrected chi connectivity index (χ1v) is 9.33. The van der Waals surface area contributed by atoms with Gasteiger partial charge in [-0.25, -0.2) is 9.37 Å². The Hall–Kier alpha value is -3.26. The van der Waals surface area contributed by atoms with E-state index < -0.39 is 5.91 Å². The van der Waals surface area contributed by atoms with Gasteiger partial charge in [0, 0.05) is 0 Å². The predicted molar refractivity (Wildman–Crippen MR) is 104 cm³/mol. The maximum atomic E-state index is 13.0. The van der Waals surface area contributed by atoms with Gasteiger partial charge in [-0.1, -0.05) is 22.6 Å². The molecule has 4 rings (SSSR count). The minimum atomic E-state index is -0.426. The molecule has 8 heteroatoms. The summed E-state index contributed by atoms with van der Waals surface area (Å²) < 4.78 is 24.8. The summed E-state index contributed by atoms with van der Waals surface area (Å²) in [6, 6.07) is 11.5. The molecule has 0 saturated heterocycles. The van der Waals surface area contributed by atoms with E-state index in [0.29, 0.717) is 22.2 Å². The number of nitrogens with one attached hydrogen (secondary N) is 1. The zero-order valence-corrected chi connectivity index (χ0v) is 16.0. The quantitative estimate of drug-likeness (QED) is 0.520. The maximum absolute atomic E-state index is 13.0. The second kappa shape index (κ2) is 7.40. The van der Waals surface area contributed by atoms with Crippen LogP contribution < -0.4 is 10.1 Å². The molecule has 0 bridgehead atoms. The van der Waals surface area contributed by atoms with Crippen molar-refractivity contribution in [1.29, 1.82) is 0 Å². The molecule has 2 aromatic heterocycles. The Balaban J connectivity index is 1.51. The fourth-order valence-corrected chi connectivity index (χ4v) is 3.63. The zero-order chi connectivity index (χ0) is 19.7. The van der Waals surface area contributed by atoms with E-state index in [4.69, 9.17) is 9.26 Å². The summed E-state index contributed by atoms with van der Waals surface area (Å²) in [4.78, 5) is 17.1. The van der Waals surface area contributed by atoms with E-state index in [9.17, 15) is 9.18 Å². The van der Waals surface area contributed by atoms with Gasteiger partial charge in [0.1, 0.15) is 23.9 Å². The molecule has 0 atom stereocenters. The van der Waals surface area contributed by atoms with Gasteiger partial charge in [-0.3, -0.25) is 10.1 Å². The fraction of sp³-hybridized carbons (Fsp3) is 0.150. The molecule has 0 unspecified atom stereocenters. The van der Waals surface area contributed by atoms with Gasteiger partial charge in [0.25, 0.3) is 5.91 Å². The number of hydrogen-bond acceptors (Lipinski definition) is 6. The van der Waals surface area contributed by atoms with Gasteiger partial charge in [-0.15, -0.1) is 0 Å². The first-order valence-electron chi connectivity index (χ1n) is 8.51. The van der Waals surface area contributed by atoms with Gasteiger partial charge in [-0.05, 0) is 55.8 Å². The van der Waals surface area contributed by atoms with Crippen LogP contribution in [0.15, 0.2) is 47.0 Å². The van der Waals surface area contributed by atoms with E-state index in [-0.39, 0.29) is 18.1 Å². The van der Waals surface area contributed by atoms with Crippen molar-refractivity contribution in [2.45, 2.75) is 20.5 Å². The minimum absolute atomic E-state index is 0.0722. The number of amides is 1. The maximum Gasteiger partial charge on any atom is 0.280 e. The van der Waals surface area contributed by atoms with Crippen molar-refractivity contribution in [2.75, 3.05) is 5.32 Å². The average molecular weight is 397 g/mol. The Labute approximate surface area is 164 Å². The predicted octanol–water partition coefficient (Wildman–Crippen LogP) is 4.87. The summed E-state index contributed by atoms with van der Waals surface area (Å²) in [5, 5.41) is 7.11. The van der Waals surface area contributed by atoms with Crippen LogP contribution in [0.5, 0.6) is 5.75 Å². The summed E-state index contributed by atoms with van der Waals surface area (Å²) in [7, 11) is 0. The largest absolute Gasteiger partial charge is 0.489 e. The lowest BCUT2D eigenvalue weighted by molar-refractivity contribution is 0.101. The number of hydrogen-bond donors (Lipinski definition) is 1. The first kappa shape index (κ1) is 18.1. The monoisotopic (exact) mass is 397 g/mol. The second-order valence-corrected chi connectivity index (χ2v) is 7.28. The molecule has 0 aliphatic rings. The molecule has 0 fully saturated rings. The molecule has 28 heavy (non-hydrogen) atoms. The minimum Gasteiger partial charge on any atom is -0.489 e. The Morgan fingerprint density at radius 1 is 1.21 bits per heavy atom. The lowest BCUT2D eigenvalue weighted by atomic mass is 10.2. The van der Waals surface area contributed by atoms with Gasteiger partial charge in [0.05, 0.1) is 15.8 Å². The van der Waals surface area contributed by atoms with Gasteiger partial charge in [-0.2, -0.15) is 0 Å². The van der Waals surface area contributed by atoms with Crippen molar-refractivity contribution in [3.05, 3.63) is 70.9 Å². The molecule has 0 radical (unpaired) electrons. The van der Waals surface area contributed by atoms with Gasteiger partial charge < -0.3 is 9.26 Å². The SMILES string of the molecule is Cc1ccc2nc(NC(=O)c3noc(C)c3COc3ccc(F)cc3)sc2c1. The Morgan fingerprint density at radius 2 is 2.00 bits per heavy atom. The number of thiazole rings is 1. The number of anilines is 1. The molecule has 2 aromatic carbocycles. The van der Waals surface area contributed by atoms with Crippen molar-refractivity contribution in [3.8, 4) is 5.75 Å². The number of carbonyl (C=O) groups is 1. The van der Waals surface area contributed by atoms with E-state index in [1.165, 1.54) is 35.6 Å². The molecule has 0 aliphatic carbocycles. The summed E-state index contributed by atoms with van der Waals surface area (Å²) in [5.74, 6) is 0.187. The molecule has 6 nitrogen and oxygen atoms in total. The number of aromatic nitrogens is 2. The fourth-order valence-electron chi connectivity index (χ4n) is 2.67. The normalized spacial score (nSPS) is 11.0. The number of fused-ring (bicyclic) bond motifs is 1. The van der Waals surface area contributed by atoms with E-state index in [2.05, 4.69) is 15.5 Å². The molecule has 0 aliphatic heterocycles. The highest BCUT2D eigenvalue weighted by Gasteiger charge is 2.21. The number of benzene rings is 2. The van der Waals surface area contributed by atoms with Crippen LogP contribution in [0.3, 0.4) is 0 Å². The van der Waals surface area contributed by atoms with E-state index in [1.807, 2.05) is 25.1 Å². The van der Waals surface area contributed by atoms with Crippen molar-refractivity contribution in [1.82, 2.24) is 10.1 Å². The third kappa shape index (κ3) is 3.72. The third-order valence-corrected chi connectivity index (χ3v) is 5.09. The molecule has 0 spiro atoms. The molecule has 2 heterocycles. The van der Waals surface area contributed by atoms with E-state index in [1.54, 1.807) is 6.92 Å². The number of aryl methyl sites for hydroxylation is 2. The molecular weight excluding hydrogens is 381 g/mol. The highest BCUT2D eigenvalue weighted by Crippen LogP contribution is 2.27. The summed E-state index contributed by atoms with van der Waals surface area (Å²) in [5.41, 5.74) is 2.61. The smallest absolute Gasteiger partial charge is 0.280 e. The topological polar surface area (TPSA) is 77.3 Å². The molecule has 1 N–H and O–H groups in total. The van der Waals surface area contributed by atoms with E-state index >= 15 is 0 Å². The number of rotatable bonds is 5. The van der Waals surface area contributed by atoms with Crippen molar-refractivity contribution in [3.63, 3.8) is 0 Å². The summed E-state index contributed by atoms with van der Waals surface area (Å²) >= 11 is 1.39. The van der Waals surface area contributed by atoms with Gasteiger partial charge >= 0.3 is 0 Å². The highest BCUT2D eigenvalue weighted by molar-refractivity contribution is 7.22. The van der Waals surface area contributed by atoms with Crippen LogP contribution in [0.25, 0.3) is 10.2 Å². The molecule has 142 valence electrons. The van der Waals surface area contributed by atoms with Gasteiger partial charge in [0.2, 0.25) is 0 Å². The Bertz CT molecular complexity index is 1150. The zero-order valence-electron chi connectivity index (χ0n) is 15.2. The first-order chi connectivity index (χ1) is 13.5. The molecule has 0 saturated carbocycles. The van der Waals surface area contributed by atoms with Gasteiger partial charge in [0.15, 0.2) is 10.8 Å². The van der Waals surface area contributed by atoms with Crippen LogP contribution in [0.4, 0.5) is 9.52 Å². The third-order valence-electron chi connectivity index (χ3n) is 4.16. The van der Waals surface area contributed by atoms with Crippen LogP contribution in [-0.4, -0.2) is 16.0 Å². The van der Waals surface area contributed by atoms with Crippen LogP contribution in [0.2, 0.25) is 0 Å². The second-order valence-electron chi connectivity index (χ2n) is 6.25. The molecular formula is C20H16FN3O3S. The lowest BCUT2D eigenvalue weighted by Gasteiger charge is -2.06. The Kier molecular flexibility index (Phi) is 4.79. The summed E-state index contributed by atoms with van der Waals surface area (Å²) in [6.45, 7) is 3.78. The average Bonchev–Trinajstić information content (AvgIpc) is 3.23. The van der Waals surface area contributed by atoms with Crippen molar-refractivity contribution in [2.24, 2.45) is 0 Å². The molecule has 1 amide bonds. The van der Waals surface area contributed by atoms with Crippen molar-refractivity contribution >= 4 is 32.6 Å². The van der Waals surface area contributed by atoms with Crippen LogP contribution in [0.1, 0.15) is 27.4 Å². The van der Waals surface area contributed by atoms with Crippen LogP contribution >= 0.6 is 11.3 Å². The van der Waals surface area contributed by atoms with Crippen LogP contribution in [0, 0.1) is 19.7 Å². The number of ether oxygens (including phenoxy) is 1. The standard InChI is InChI=1S/C20H16FN3O3S/c1-11-3-8-16-17(9-11)28-20(22-16)23-19(25)18-15(12(2)27-24-18)10-26-14-6-4-13(21)5-7-14/h3-9H,10H2,1-2H3,(H,22,23,25). The lowest BCUT2D eigenvalue weighted by Crippen LogP contribution is -2.15. The number of nitrogens with zero attached hydrogens (tertiary/aromatic N) is 2. The molecule has 4 aromatic rings. The Morgan fingerprint density at radius 3 is 2.79 bits per heavy atom. The van der Waals surface area contributed by atoms with E-state index in [0.717, 1.165) is 15.8 Å². The van der Waals surface area contributed by atoms with Crippen molar-refractivity contribution < 1.29 is 18.4 Å². The number of carbonyl (C=O) groups excluding carboxylic acids is 1. The summed E-state index contributed by atoms with van der Waals surface area (Å²) in [6.07, 6.45) is 0.